The predicted octanol–water partition coefficient (Wildman–Crippen LogP) is 8.43. The van der Waals surface area contributed by atoms with Crippen LogP contribution in [-0.4, -0.2) is 69.1 Å². The first-order chi connectivity index (χ1) is 23.7. The minimum absolute atomic E-state index is 0.00198. The number of rotatable bonds is 8. The van der Waals surface area contributed by atoms with Crippen LogP contribution in [0.3, 0.4) is 0 Å². The van der Waals surface area contributed by atoms with E-state index in [1.165, 1.54) is 34.4 Å². The van der Waals surface area contributed by atoms with E-state index in [1.807, 2.05) is 13.8 Å². The lowest BCUT2D eigenvalue weighted by Crippen LogP contribution is -2.50. The van der Waals surface area contributed by atoms with Crippen molar-refractivity contribution in [2.45, 2.75) is 109 Å². The number of ether oxygens (including phenoxy) is 1. The number of carbonyl (C=O) groups excluding carboxylic acids is 1. The molecule has 3 aromatic rings. The van der Waals surface area contributed by atoms with Gasteiger partial charge in [0.05, 0.1) is 11.5 Å². The zero-order valence-electron chi connectivity index (χ0n) is 31.0. The third-order valence-corrected chi connectivity index (χ3v) is 11.3. The van der Waals surface area contributed by atoms with Crippen molar-refractivity contribution in [1.29, 1.82) is 0 Å². The van der Waals surface area contributed by atoms with Gasteiger partial charge in [-0.3, -0.25) is 19.9 Å². The average Bonchev–Trinajstić information content (AvgIpc) is 3.55. The van der Waals surface area contributed by atoms with Gasteiger partial charge < -0.3 is 4.74 Å². The number of piperidine rings is 2. The van der Waals surface area contributed by atoms with Crippen LogP contribution < -0.4 is 5.32 Å². The first-order valence-electron chi connectivity index (χ1n) is 18.3. The lowest BCUT2D eigenvalue weighted by molar-refractivity contribution is -0.121. The fourth-order valence-electron chi connectivity index (χ4n) is 6.48. The second kappa shape index (κ2) is 18.8. The molecule has 3 saturated heterocycles. The molecule has 0 radical (unpaired) electrons. The third kappa shape index (κ3) is 12.6. The highest BCUT2D eigenvalue weighted by Crippen LogP contribution is 2.27. The summed E-state index contributed by atoms with van der Waals surface area (Å²) in [5.74, 6) is 2.02. The lowest BCUT2D eigenvalue weighted by Gasteiger charge is -2.38. The number of hydrogen-bond acceptors (Lipinski definition) is 7. The first-order valence-corrected chi connectivity index (χ1v) is 20.6. The Labute approximate surface area is 306 Å². The molecule has 50 heavy (non-hydrogen) atoms. The van der Waals surface area contributed by atoms with E-state index < -0.39 is 9.05 Å². The van der Waals surface area contributed by atoms with Crippen LogP contribution in [-0.2, 0) is 31.7 Å². The Morgan fingerprint density at radius 1 is 0.680 bits per heavy atom. The van der Waals surface area contributed by atoms with E-state index in [1.54, 1.807) is 12.1 Å². The molecule has 274 valence electrons. The van der Waals surface area contributed by atoms with E-state index >= 15 is 0 Å². The number of benzene rings is 3. The molecule has 1 N–H and O–H groups in total. The van der Waals surface area contributed by atoms with Crippen LogP contribution in [0.2, 0.25) is 0 Å². The number of halogens is 1. The van der Waals surface area contributed by atoms with Crippen LogP contribution in [0.1, 0.15) is 113 Å². The van der Waals surface area contributed by atoms with Gasteiger partial charge in [-0.15, -0.1) is 0 Å². The van der Waals surface area contributed by atoms with Crippen molar-refractivity contribution in [2.75, 3.05) is 39.3 Å². The Morgan fingerprint density at radius 2 is 1.08 bits per heavy atom. The Hall–Kier alpha value is -2.59. The SMILES string of the molecule is CC(C)c1ccc(CN2CCC(=O)CC2)cc1.CC(C)c1ccc(CN2CCC3(CC2)NCCO3)cc1.CC(C)c1ccc(S(=O)(=O)Cl)cc1. The molecule has 9 heteroatoms. The summed E-state index contributed by atoms with van der Waals surface area (Å²) in [6.45, 7) is 21.0. The second-order valence-corrected chi connectivity index (χ2v) is 17.4. The van der Waals surface area contributed by atoms with E-state index in [-0.39, 0.29) is 10.6 Å². The number of hydrogen-bond donors (Lipinski definition) is 1. The van der Waals surface area contributed by atoms with Crippen LogP contribution >= 0.6 is 10.7 Å². The highest BCUT2D eigenvalue weighted by Gasteiger charge is 2.37. The molecule has 0 amide bonds. The Morgan fingerprint density at radius 3 is 1.44 bits per heavy atom. The predicted molar refractivity (Wildman–Crippen MR) is 205 cm³/mol. The van der Waals surface area contributed by atoms with E-state index in [2.05, 4.69) is 91.3 Å². The van der Waals surface area contributed by atoms with Crippen molar-refractivity contribution in [1.82, 2.24) is 15.1 Å². The minimum atomic E-state index is -3.57. The average molecular weight is 724 g/mol. The normalized spacial score (nSPS) is 18.2. The molecule has 3 heterocycles. The Kier molecular flexibility index (Phi) is 15.1. The van der Waals surface area contributed by atoms with Gasteiger partial charge in [0, 0.05) is 82.2 Å². The second-order valence-electron chi connectivity index (χ2n) is 14.8. The van der Waals surface area contributed by atoms with Gasteiger partial charge in [-0.25, -0.2) is 8.42 Å². The molecular formula is C41H58ClN3O4S. The van der Waals surface area contributed by atoms with Gasteiger partial charge in [0.15, 0.2) is 0 Å². The van der Waals surface area contributed by atoms with Crippen molar-refractivity contribution in [3.05, 3.63) is 101 Å². The van der Waals surface area contributed by atoms with E-state index in [0.717, 1.165) is 83.7 Å². The molecule has 1 spiro atoms. The van der Waals surface area contributed by atoms with Gasteiger partial charge in [-0.1, -0.05) is 102 Å². The number of ketones is 1. The summed E-state index contributed by atoms with van der Waals surface area (Å²) in [5, 5.41) is 3.53. The molecule has 0 saturated carbocycles. The van der Waals surface area contributed by atoms with Crippen molar-refractivity contribution in [3.63, 3.8) is 0 Å². The fourth-order valence-corrected chi connectivity index (χ4v) is 7.25. The quantitative estimate of drug-likeness (QED) is 0.234. The zero-order chi connectivity index (χ0) is 36.3. The number of Topliss-reactive ketones (excluding diaryl/α,β-unsaturated/α-hetero) is 1. The molecule has 3 aromatic carbocycles. The van der Waals surface area contributed by atoms with Crippen LogP contribution in [0.5, 0.6) is 0 Å². The zero-order valence-corrected chi connectivity index (χ0v) is 32.5. The molecule has 3 fully saturated rings. The topological polar surface area (TPSA) is 79.0 Å². The Bertz CT molecular complexity index is 1560. The number of likely N-dealkylation sites (tertiary alicyclic amines) is 2. The molecule has 0 bridgehead atoms. The van der Waals surface area contributed by atoms with Crippen molar-refractivity contribution in [3.8, 4) is 0 Å². The molecular weight excluding hydrogens is 666 g/mol. The summed E-state index contributed by atoms with van der Waals surface area (Å²) < 4.78 is 27.6. The fraction of sp³-hybridized carbons (Fsp3) is 0.537. The number of carbonyl (C=O) groups is 1. The van der Waals surface area contributed by atoms with E-state index in [9.17, 15) is 13.2 Å². The highest BCUT2D eigenvalue weighted by molar-refractivity contribution is 8.13. The van der Waals surface area contributed by atoms with Gasteiger partial charge in [-0.05, 0) is 57.7 Å². The summed E-state index contributed by atoms with van der Waals surface area (Å²) in [4.78, 5) is 16.2. The van der Waals surface area contributed by atoms with Crippen molar-refractivity contribution < 1.29 is 17.9 Å². The first kappa shape index (κ1) is 40.2. The molecule has 0 aliphatic carbocycles. The smallest absolute Gasteiger partial charge is 0.261 e. The van der Waals surface area contributed by atoms with Crippen LogP contribution in [0.4, 0.5) is 0 Å². The maximum atomic E-state index is 11.2. The lowest BCUT2D eigenvalue weighted by atomic mass is 9.99. The molecule has 3 aliphatic rings. The van der Waals surface area contributed by atoms with Crippen LogP contribution in [0.25, 0.3) is 0 Å². The molecule has 7 nitrogen and oxygen atoms in total. The summed E-state index contributed by atoms with van der Waals surface area (Å²) >= 11 is 0. The van der Waals surface area contributed by atoms with Crippen LogP contribution in [0, 0.1) is 0 Å². The van der Waals surface area contributed by atoms with Crippen LogP contribution in [0.15, 0.2) is 77.7 Å². The molecule has 3 aliphatic heterocycles. The summed E-state index contributed by atoms with van der Waals surface area (Å²) in [6, 6.07) is 24.6. The molecule has 0 atom stereocenters. The molecule has 0 aromatic heterocycles. The summed E-state index contributed by atoms with van der Waals surface area (Å²) in [7, 11) is 1.59. The van der Waals surface area contributed by atoms with Gasteiger partial charge >= 0.3 is 0 Å². The van der Waals surface area contributed by atoms with Gasteiger partial charge in [-0.2, -0.15) is 0 Å². The minimum Gasteiger partial charge on any atom is -0.359 e. The molecule has 0 unspecified atom stereocenters. The largest absolute Gasteiger partial charge is 0.359 e. The van der Waals surface area contributed by atoms with E-state index in [4.69, 9.17) is 15.4 Å². The van der Waals surface area contributed by atoms with E-state index in [0.29, 0.717) is 23.5 Å². The Balaban J connectivity index is 0.000000173. The summed E-state index contributed by atoms with van der Waals surface area (Å²) in [5.41, 5.74) is 6.69. The maximum Gasteiger partial charge on any atom is 0.261 e. The number of nitrogens with zero attached hydrogens (tertiary/aromatic N) is 2. The highest BCUT2D eigenvalue weighted by atomic mass is 35.7. The van der Waals surface area contributed by atoms with Gasteiger partial charge in [0.25, 0.3) is 9.05 Å². The molecule has 6 rings (SSSR count). The van der Waals surface area contributed by atoms with Gasteiger partial charge in [0.2, 0.25) is 0 Å². The number of nitrogens with one attached hydrogen (secondary N) is 1. The summed E-state index contributed by atoms with van der Waals surface area (Å²) in [6.07, 6.45) is 3.67. The monoisotopic (exact) mass is 723 g/mol. The standard InChI is InChI=1S/C17H26N2O.C15H21NO.C9H11ClO2S/c1-14(2)16-5-3-15(4-6-16)13-19-10-7-17(8-11-19)18-9-12-20-17;1-12(2)14-5-3-13(4-6-14)11-16-9-7-15(17)8-10-16;1-7(2)8-3-5-9(6-4-8)13(10,11)12/h3-6,14,18H,7-13H2,1-2H3;3-6,12H,7-11H2,1-2H3;3-7H,1-2H3. The maximum absolute atomic E-state index is 11.2. The van der Waals surface area contributed by atoms with Crippen molar-refractivity contribution >= 4 is 25.5 Å². The van der Waals surface area contributed by atoms with Gasteiger partial charge in [0.1, 0.15) is 11.5 Å². The third-order valence-electron chi connectivity index (χ3n) is 9.94. The van der Waals surface area contributed by atoms with Crippen molar-refractivity contribution in [2.24, 2.45) is 0 Å².